The number of carboxylic acid groups (broad SMARTS) is 1. The monoisotopic (exact) mass is 318 g/mol. The largest absolute Gasteiger partial charge is 0.481 e. The lowest BCUT2D eigenvalue weighted by Gasteiger charge is -2.33. The Balaban J connectivity index is 1.71. The van der Waals surface area contributed by atoms with E-state index in [0.29, 0.717) is 18.5 Å². The Hall–Kier alpha value is -1.39. The minimum absolute atomic E-state index is 0.266. The molecule has 1 aliphatic rings. The number of likely N-dealkylation sites (tertiary alicyclic amines) is 1. The van der Waals surface area contributed by atoms with Gasteiger partial charge in [0.1, 0.15) is 0 Å². The van der Waals surface area contributed by atoms with Crippen molar-refractivity contribution in [1.29, 1.82) is 0 Å². The van der Waals surface area contributed by atoms with Crippen molar-refractivity contribution in [3.8, 4) is 0 Å². The minimum atomic E-state index is -0.673. The van der Waals surface area contributed by atoms with Gasteiger partial charge in [-0.3, -0.25) is 9.69 Å². The van der Waals surface area contributed by atoms with Crippen molar-refractivity contribution in [2.45, 2.75) is 45.7 Å². The standard InChI is InChI=1S/C19H30N2O2/c1-15(2)12-17(19(22)23)13-20-18-8-10-21(11-9-18)14-16-6-4-3-5-7-16/h3-7,15,17-18,20H,8-14H2,1-2H3,(H,22,23). The van der Waals surface area contributed by atoms with E-state index in [0.717, 1.165) is 38.9 Å². The van der Waals surface area contributed by atoms with Gasteiger partial charge >= 0.3 is 5.97 Å². The first-order chi connectivity index (χ1) is 11.0. The second kappa shape index (κ2) is 9.04. The number of carboxylic acids is 1. The molecule has 0 spiro atoms. The number of hydrogen-bond acceptors (Lipinski definition) is 3. The van der Waals surface area contributed by atoms with Gasteiger partial charge in [0.15, 0.2) is 0 Å². The Morgan fingerprint density at radius 3 is 2.48 bits per heavy atom. The first-order valence-electron chi connectivity index (χ1n) is 8.77. The van der Waals surface area contributed by atoms with Crippen molar-refractivity contribution in [2.24, 2.45) is 11.8 Å². The molecule has 0 aromatic heterocycles. The molecule has 128 valence electrons. The zero-order valence-corrected chi connectivity index (χ0v) is 14.4. The average molecular weight is 318 g/mol. The fourth-order valence-electron chi connectivity index (χ4n) is 3.29. The Morgan fingerprint density at radius 1 is 1.26 bits per heavy atom. The minimum Gasteiger partial charge on any atom is -0.481 e. The number of nitrogens with zero attached hydrogens (tertiary/aromatic N) is 1. The van der Waals surface area contributed by atoms with Crippen LogP contribution in [0.15, 0.2) is 30.3 Å². The number of rotatable bonds is 8. The number of nitrogens with one attached hydrogen (secondary N) is 1. The molecule has 1 aliphatic heterocycles. The van der Waals surface area contributed by atoms with Crippen LogP contribution >= 0.6 is 0 Å². The third-order valence-electron chi connectivity index (χ3n) is 4.59. The Morgan fingerprint density at radius 2 is 1.91 bits per heavy atom. The summed E-state index contributed by atoms with van der Waals surface area (Å²) in [6.45, 7) is 7.93. The molecule has 1 fully saturated rings. The van der Waals surface area contributed by atoms with E-state index in [4.69, 9.17) is 0 Å². The smallest absolute Gasteiger partial charge is 0.307 e. The van der Waals surface area contributed by atoms with Gasteiger partial charge < -0.3 is 10.4 Å². The number of hydrogen-bond donors (Lipinski definition) is 2. The van der Waals surface area contributed by atoms with E-state index in [1.807, 2.05) is 0 Å². The summed E-state index contributed by atoms with van der Waals surface area (Å²) < 4.78 is 0. The zero-order valence-electron chi connectivity index (χ0n) is 14.4. The molecule has 4 nitrogen and oxygen atoms in total. The molecule has 2 rings (SSSR count). The number of benzene rings is 1. The summed E-state index contributed by atoms with van der Waals surface area (Å²) in [6.07, 6.45) is 2.94. The van der Waals surface area contributed by atoms with Crippen LogP contribution in [0.5, 0.6) is 0 Å². The van der Waals surface area contributed by atoms with Crippen molar-refractivity contribution in [2.75, 3.05) is 19.6 Å². The molecule has 23 heavy (non-hydrogen) atoms. The van der Waals surface area contributed by atoms with Gasteiger partial charge in [-0.1, -0.05) is 44.2 Å². The van der Waals surface area contributed by atoms with Gasteiger partial charge in [-0.2, -0.15) is 0 Å². The summed E-state index contributed by atoms with van der Waals surface area (Å²) in [4.78, 5) is 13.8. The molecule has 2 N–H and O–H groups in total. The molecule has 0 amide bonds. The van der Waals surface area contributed by atoms with E-state index in [2.05, 4.69) is 54.4 Å². The van der Waals surface area contributed by atoms with Crippen molar-refractivity contribution in [3.05, 3.63) is 35.9 Å². The number of carbonyl (C=O) groups is 1. The molecule has 1 aromatic rings. The van der Waals surface area contributed by atoms with Crippen LogP contribution in [-0.2, 0) is 11.3 Å². The van der Waals surface area contributed by atoms with E-state index >= 15 is 0 Å². The van der Waals surface area contributed by atoms with Gasteiger partial charge in [-0.05, 0) is 43.8 Å². The summed E-state index contributed by atoms with van der Waals surface area (Å²) in [5, 5.41) is 12.8. The second-order valence-electron chi connectivity index (χ2n) is 7.11. The molecular weight excluding hydrogens is 288 g/mol. The lowest BCUT2D eigenvalue weighted by Crippen LogP contribution is -2.44. The molecule has 1 unspecified atom stereocenters. The highest BCUT2D eigenvalue weighted by molar-refractivity contribution is 5.70. The molecule has 1 saturated heterocycles. The summed E-state index contributed by atoms with van der Waals surface area (Å²) >= 11 is 0. The lowest BCUT2D eigenvalue weighted by molar-refractivity contribution is -0.142. The molecular formula is C19H30N2O2. The third-order valence-corrected chi connectivity index (χ3v) is 4.59. The molecule has 0 aliphatic carbocycles. The van der Waals surface area contributed by atoms with E-state index < -0.39 is 5.97 Å². The maximum Gasteiger partial charge on any atom is 0.307 e. The summed E-state index contributed by atoms with van der Waals surface area (Å²) in [5.41, 5.74) is 1.36. The predicted octanol–water partition coefficient (Wildman–Crippen LogP) is 2.99. The normalized spacial score (nSPS) is 18.2. The number of piperidine rings is 1. The predicted molar refractivity (Wildman–Crippen MR) is 93.3 cm³/mol. The molecule has 0 radical (unpaired) electrons. The quantitative estimate of drug-likeness (QED) is 0.774. The van der Waals surface area contributed by atoms with E-state index in [1.54, 1.807) is 0 Å². The Bertz CT molecular complexity index is 468. The molecule has 1 aromatic carbocycles. The molecule has 4 heteroatoms. The first-order valence-corrected chi connectivity index (χ1v) is 8.77. The van der Waals surface area contributed by atoms with Crippen molar-refractivity contribution < 1.29 is 9.90 Å². The molecule has 1 atom stereocenters. The highest BCUT2D eigenvalue weighted by Gasteiger charge is 2.23. The Labute approximate surface area is 139 Å². The van der Waals surface area contributed by atoms with Crippen LogP contribution in [0, 0.1) is 11.8 Å². The van der Waals surface area contributed by atoms with Gasteiger partial charge in [0.2, 0.25) is 0 Å². The van der Waals surface area contributed by atoms with E-state index in [9.17, 15) is 9.90 Å². The van der Waals surface area contributed by atoms with Crippen LogP contribution < -0.4 is 5.32 Å². The summed E-state index contributed by atoms with van der Waals surface area (Å²) in [7, 11) is 0. The highest BCUT2D eigenvalue weighted by Crippen LogP contribution is 2.16. The fourth-order valence-corrected chi connectivity index (χ4v) is 3.29. The van der Waals surface area contributed by atoms with Crippen LogP contribution in [-0.4, -0.2) is 41.7 Å². The zero-order chi connectivity index (χ0) is 16.7. The lowest BCUT2D eigenvalue weighted by atomic mass is 9.96. The fraction of sp³-hybridized carbons (Fsp3) is 0.632. The molecule has 0 bridgehead atoms. The van der Waals surface area contributed by atoms with Gasteiger partial charge in [-0.25, -0.2) is 0 Å². The van der Waals surface area contributed by atoms with E-state index in [1.165, 1.54) is 5.56 Å². The summed E-state index contributed by atoms with van der Waals surface area (Å²) in [5.74, 6) is -0.518. The van der Waals surface area contributed by atoms with Crippen LogP contribution in [0.3, 0.4) is 0 Å². The topological polar surface area (TPSA) is 52.6 Å². The van der Waals surface area contributed by atoms with Gasteiger partial charge in [0.05, 0.1) is 5.92 Å². The second-order valence-corrected chi connectivity index (χ2v) is 7.11. The number of aliphatic carboxylic acids is 1. The van der Waals surface area contributed by atoms with Gasteiger partial charge in [0, 0.05) is 19.1 Å². The van der Waals surface area contributed by atoms with Crippen LogP contribution in [0.4, 0.5) is 0 Å². The summed E-state index contributed by atoms with van der Waals surface area (Å²) in [6, 6.07) is 11.0. The Kier molecular flexibility index (Phi) is 7.06. The van der Waals surface area contributed by atoms with Gasteiger partial charge in [0.25, 0.3) is 0 Å². The van der Waals surface area contributed by atoms with Crippen molar-refractivity contribution >= 4 is 5.97 Å². The van der Waals surface area contributed by atoms with Gasteiger partial charge in [-0.15, -0.1) is 0 Å². The van der Waals surface area contributed by atoms with Crippen molar-refractivity contribution in [1.82, 2.24) is 10.2 Å². The van der Waals surface area contributed by atoms with E-state index in [-0.39, 0.29) is 5.92 Å². The molecule has 1 heterocycles. The van der Waals surface area contributed by atoms with Crippen LogP contribution in [0.25, 0.3) is 0 Å². The maximum atomic E-state index is 11.3. The van der Waals surface area contributed by atoms with Crippen LogP contribution in [0.2, 0.25) is 0 Å². The molecule has 0 saturated carbocycles. The van der Waals surface area contributed by atoms with Crippen molar-refractivity contribution in [3.63, 3.8) is 0 Å². The first kappa shape index (κ1) is 18.0. The average Bonchev–Trinajstić information content (AvgIpc) is 2.53. The van der Waals surface area contributed by atoms with Crippen LogP contribution in [0.1, 0.15) is 38.7 Å². The SMILES string of the molecule is CC(C)CC(CNC1CCN(Cc2ccccc2)CC1)C(=O)O. The highest BCUT2D eigenvalue weighted by atomic mass is 16.4. The maximum absolute atomic E-state index is 11.3. The third kappa shape index (κ3) is 6.32.